The highest BCUT2D eigenvalue weighted by Crippen LogP contribution is 2.31. The van der Waals surface area contributed by atoms with Crippen molar-refractivity contribution in [2.24, 2.45) is 0 Å². The number of rotatable bonds is 3. The van der Waals surface area contributed by atoms with Crippen LogP contribution in [0.2, 0.25) is 0 Å². The molecule has 0 unspecified atom stereocenters. The van der Waals surface area contributed by atoms with E-state index in [2.05, 4.69) is 10.4 Å². The molecule has 1 heterocycles. The van der Waals surface area contributed by atoms with E-state index in [1.807, 2.05) is 0 Å². The number of carbonyl (C=O) groups excluding carboxylic acids is 1. The van der Waals surface area contributed by atoms with Crippen molar-refractivity contribution < 1.29 is 18.7 Å². The number of nitrogens with one attached hydrogen (secondary N) is 1. The summed E-state index contributed by atoms with van der Waals surface area (Å²) in [4.78, 5) is 11.4. The number of hydrogen-bond acceptors (Lipinski definition) is 3. The number of hydrogen-bond donors (Lipinski definition) is 2. The second-order valence-electron chi connectivity index (χ2n) is 5.22. The number of amides is 1. The maximum atomic E-state index is 13.9. The van der Waals surface area contributed by atoms with Crippen molar-refractivity contribution in [2.45, 2.75) is 25.3 Å². The van der Waals surface area contributed by atoms with Gasteiger partial charge >= 0.3 is 0 Å². The smallest absolute Gasteiger partial charge is 0.246 e. The largest absolute Gasteiger partial charge is 0.387 e. The van der Waals surface area contributed by atoms with Crippen LogP contribution in [-0.2, 0) is 11.2 Å². The number of benzene rings is 1. The molecule has 1 aromatic heterocycles. The van der Waals surface area contributed by atoms with E-state index in [-0.39, 0.29) is 11.7 Å². The van der Waals surface area contributed by atoms with E-state index < -0.39 is 24.1 Å². The molecule has 1 amide bonds. The zero-order chi connectivity index (χ0) is 15.7. The van der Waals surface area contributed by atoms with Gasteiger partial charge < -0.3 is 10.4 Å². The Labute approximate surface area is 125 Å². The first kappa shape index (κ1) is 14.6. The molecule has 1 aliphatic carbocycles. The van der Waals surface area contributed by atoms with Gasteiger partial charge in [0.15, 0.2) is 5.82 Å². The molecule has 3 rings (SSSR count). The van der Waals surface area contributed by atoms with E-state index in [0.717, 1.165) is 30.2 Å². The first-order valence-electron chi connectivity index (χ1n) is 7.02. The molecule has 0 saturated carbocycles. The Hall–Kier alpha value is -2.28. The van der Waals surface area contributed by atoms with Crippen LogP contribution >= 0.6 is 0 Å². The number of aliphatic hydroxyl groups is 1. The number of fused-ring (bicyclic) bond motifs is 1. The van der Waals surface area contributed by atoms with Crippen LogP contribution in [0, 0.1) is 11.6 Å². The van der Waals surface area contributed by atoms with Crippen LogP contribution in [0.5, 0.6) is 0 Å². The Balaban J connectivity index is 1.98. The Morgan fingerprint density at radius 2 is 2.27 bits per heavy atom. The molecule has 2 N–H and O–H groups in total. The van der Waals surface area contributed by atoms with Crippen molar-refractivity contribution in [3.8, 4) is 5.69 Å². The summed E-state index contributed by atoms with van der Waals surface area (Å²) in [5.74, 6) is -1.79. The van der Waals surface area contributed by atoms with E-state index >= 15 is 0 Å². The minimum Gasteiger partial charge on any atom is -0.387 e. The molecule has 0 radical (unpaired) electrons. The summed E-state index contributed by atoms with van der Waals surface area (Å²) in [6.45, 7) is -0.577. The van der Waals surface area contributed by atoms with E-state index in [1.54, 1.807) is 6.20 Å². The lowest BCUT2D eigenvalue weighted by Gasteiger charge is -2.24. The first-order valence-corrected chi connectivity index (χ1v) is 7.02. The molecular weight excluding hydrogens is 292 g/mol. The highest BCUT2D eigenvalue weighted by atomic mass is 19.1. The highest BCUT2D eigenvalue weighted by Gasteiger charge is 2.26. The molecule has 0 aliphatic heterocycles. The topological polar surface area (TPSA) is 67.2 Å². The fourth-order valence-corrected chi connectivity index (χ4v) is 2.81. The number of halogens is 2. The zero-order valence-electron chi connectivity index (χ0n) is 11.7. The Bertz CT molecular complexity index is 715. The van der Waals surface area contributed by atoms with E-state index in [0.29, 0.717) is 6.42 Å². The number of aliphatic hydroxyl groups excluding tert-OH is 1. The predicted octanol–water partition coefficient (Wildman–Crippen LogP) is 1.64. The summed E-state index contributed by atoms with van der Waals surface area (Å²) < 4.78 is 28.4. The fraction of sp³-hybridized carbons (Fsp3) is 0.333. The van der Waals surface area contributed by atoms with Crippen LogP contribution in [-0.4, -0.2) is 27.4 Å². The molecule has 1 aliphatic rings. The third-order valence-corrected chi connectivity index (χ3v) is 3.80. The monoisotopic (exact) mass is 307 g/mol. The second kappa shape index (κ2) is 5.84. The van der Waals surface area contributed by atoms with Crippen LogP contribution < -0.4 is 5.32 Å². The van der Waals surface area contributed by atoms with Gasteiger partial charge in [-0.1, -0.05) is 0 Å². The quantitative estimate of drug-likeness (QED) is 0.906. The number of carbonyl (C=O) groups is 1. The van der Waals surface area contributed by atoms with Crippen molar-refractivity contribution in [3.05, 3.63) is 47.3 Å². The van der Waals surface area contributed by atoms with Crippen molar-refractivity contribution in [3.63, 3.8) is 0 Å². The normalized spacial score (nSPS) is 17.1. The molecule has 7 heteroatoms. The lowest BCUT2D eigenvalue weighted by atomic mass is 9.93. The SMILES string of the molecule is O=C(CO)N[C@H]1CCCc2c1cnn2-c1ccc(F)cc1F. The van der Waals surface area contributed by atoms with Crippen molar-refractivity contribution in [1.29, 1.82) is 0 Å². The molecule has 5 nitrogen and oxygen atoms in total. The van der Waals surface area contributed by atoms with Gasteiger partial charge in [0.25, 0.3) is 0 Å². The Morgan fingerprint density at radius 1 is 1.45 bits per heavy atom. The summed E-state index contributed by atoms with van der Waals surface area (Å²) in [6.07, 6.45) is 3.81. The summed E-state index contributed by atoms with van der Waals surface area (Å²) in [5.41, 5.74) is 1.77. The maximum absolute atomic E-state index is 13.9. The van der Waals surface area contributed by atoms with Gasteiger partial charge in [0.2, 0.25) is 5.91 Å². The van der Waals surface area contributed by atoms with Crippen LogP contribution in [0.3, 0.4) is 0 Å². The van der Waals surface area contributed by atoms with Gasteiger partial charge in [-0.2, -0.15) is 5.10 Å². The summed E-state index contributed by atoms with van der Waals surface area (Å²) in [5, 5.41) is 15.7. The van der Waals surface area contributed by atoms with Gasteiger partial charge in [-0.3, -0.25) is 4.79 Å². The van der Waals surface area contributed by atoms with E-state index in [1.165, 1.54) is 16.8 Å². The Morgan fingerprint density at radius 3 is 3.00 bits per heavy atom. The second-order valence-corrected chi connectivity index (χ2v) is 5.22. The van der Waals surface area contributed by atoms with E-state index in [9.17, 15) is 13.6 Å². The molecule has 0 fully saturated rings. The molecule has 2 aromatic rings. The van der Waals surface area contributed by atoms with Gasteiger partial charge in [-0.25, -0.2) is 13.5 Å². The fourth-order valence-electron chi connectivity index (χ4n) is 2.81. The average molecular weight is 307 g/mol. The minimum absolute atomic E-state index is 0.178. The maximum Gasteiger partial charge on any atom is 0.246 e. The molecule has 22 heavy (non-hydrogen) atoms. The number of aromatic nitrogens is 2. The lowest BCUT2D eigenvalue weighted by molar-refractivity contribution is -0.124. The van der Waals surface area contributed by atoms with Crippen molar-refractivity contribution in [1.82, 2.24) is 15.1 Å². The summed E-state index contributed by atoms with van der Waals surface area (Å²) in [7, 11) is 0. The molecule has 116 valence electrons. The standard InChI is InChI=1S/C15H15F2N3O2/c16-9-4-5-14(11(17)6-9)20-13-3-1-2-12(10(13)7-18-20)19-15(22)8-21/h4-7,12,21H,1-3,8H2,(H,19,22)/t12-/m0/s1. The van der Waals surface area contributed by atoms with Crippen LogP contribution in [0.15, 0.2) is 24.4 Å². The number of nitrogens with zero attached hydrogens (tertiary/aromatic N) is 2. The van der Waals surface area contributed by atoms with Gasteiger partial charge in [0, 0.05) is 17.3 Å². The van der Waals surface area contributed by atoms with E-state index in [4.69, 9.17) is 5.11 Å². The van der Waals surface area contributed by atoms with Gasteiger partial charge in [0.05, 0.1) is 12.2 Å². The summed E-state index contributed by atoms with van der Waals surface area (Å²) >= 11 is 0. The minimum atomic E-state index is -0.688. The van der Waals surface area contributed by atoms with Gasteiger partial charge in [-0.05, 0) is 31.4 Å². The third kappa shape index (κ3) is 2.59. The van der Waals surface area contributed by atoms with Crippen molar-refractivity contribution >= 4 is 5.91 Å². The molecule has 1 aromatic carbocycles. The summed E-state index contributed by atoms with van der Waals surface area (Å²) in [6, 6.07) is 3.09. The zero-order valence-corrected chi connectivity index (χ0v) is 11.7. The van der Waals surface area contributed by atoms with Gasteiger partial charge in [-0.15, -0.1) is 0 Å². The molecule has 1 atom stereocenters. The average Bonchev–Trinajstić information content (AvgIpc) is 2.92. The molecule has 0 saturated heterocycles. The van der Waals surface area contributed by atoms with Crippen LogP contribution in [0.4, 0.5) is 8.78 Å². The van der Waals surface area contributed by atoms with Crippen molar-refractivity contribution in [2.75, 3.05) is 6.61 Å². The highest BCUT2D eigenvalue weighted by molar-refractivity contribution is 5.77. The van der Waals surface area contributed by atoms with Gasteiger partial charge in [0.1, 0.15) is 18.1 Å². The molecular formula is C15H15F2N3O2. The third-order valence-electron chi connectivity index (χ3n) is 3.80. The Kier molecular flexibility index (Phi) is 3.89. The van der Waals surface area contributed by atoms with Crippen LogP contribution in [0.1, 0.15) is 30.1 Å². The molecule has 0 bridgehead atoms. The van der Waals surface area contributed by atoms with Crippen LogP contribution in [0.25, 0.3) is 5.69 Å². The predicted molar refractivity (Wildman–Crippen MR) is 74.4 cm³/mol. The first-order chi connectivity index (χ1) is 10.6. The lowest BCUT2D eigenvalue weighted by Crippen LogP contribution is -2.32. The molecule has 0 spiro atoms.